The third kappa shape index (κ3) is 5.52. The van der Waals surface area contributed by atoms with Gasteiger partial charge in [0.15, 0.2) is 0 Å². The summed E-state index contributed by atoms with van der Waals surface area (Å²) >= 11 is 0. The fraction of sp³-hybridized carbons (Fsp3) is 0.500. The second-order valence-corrected chi connectivity index (χ2v) is 10.4. The molecule has 7 nitrogen and oxygen atoms in total. The fourth-order valence-corrected chi connectivity index (χ4v) is 6.32. The summed E-state index contributed by atoms with van der Waals surface area (Å²) in [7, 11) is 0. The molecular weight excluding hydrogens is 518 g/mol. The van der Waals surface area contributed by atoms with Crippen LogP contribution in [0.1, 0.15) is 83.2 Å². The molecular formula is C28H28F4N3O4-. The number of ether oxygens (including phenoxy) is 1. The molecule has 1 saturated carbocycles. The molecule has 208 valence electrons. The van der Waals surface area contributed by atoms with Crippen LogP contribution in [-0.4, -0.2) is 30.3 Å². The largest absolute Gasteiger partial charge is 0.784 e. The van der Waals surface area contributed by atoms with E-state index in [-0.39, 0.29) is 35.7 Å². The highest BCUT2D eigenvalue weighted by molar-refractivity contribution is 5.93. The first-order chi connectivity index (χ1) is 18.7. The first-order valence-corrected chi connectivity index (χ1v) is 13.1. The van der Waals surface area contributed by atoms with Gasteiger partial charge >= 0.3 is 6.18 Å². The normalized spacial score (nSPS) is 27.2. The van der Waals surface area contributed by atoms with E-state index in [0.717, 1.165) is 48.9 Å². The van der Waals surface area contributed by atoms with E-state index < -0.39 is 41.1 Å². The summed E-state index contributed by atoms with van der Waals surface area (Å²) in [5.74, 6) is -2.02. The highest BCUT2D eigenvalue weighted by Crippen LogP contribution is 2.56. The number of nitrogens with zero attached hydrogens (tertiary/aromatic N) is 2. The number of hydrogen-bond donors (Lipinski definition) is 1. The van der Waals surface area contributed by atoms with Crippen LogP contribution in [0.15, 0.2) is 36.4 Å². The first-order valence-electron chi connectivity index (χ1n) is 13.1. The van der Waals surface area contributed by atoms with Crippen molar-refractivity contribution in [3.8, 4) is 6.07 Å². The summed E-state index contributed by atoms with van der Waals surface area (Å²) in [4.78, 5) is 17.6. The lowest BCUT2D eigenvalue weighted by Gasteiger charge is -2.38. The molecule has 1 N–H and O–H groups in total. The lowest BCUT2D eigenvalue weighted by Crippen LogP contribution is -2.29. The summed E-state index contributed by atoms with van der Waals surface area (Å²) in [6.45, 7) is 0.780. The number of carbonyl (C=O) groups excluding carboxylic acids is 1. The van der Waals surface area contributed by atoms with Crippen molar-refractivity contribution in [3.05, 3.63) is 75.2 Å². The first kappa shape index (κ1) is 27.5. The Hall–Kier alpha value is -3.04. The Balaban J connectivity index is 1.39. The van der Waals surface area contributed by atoms with Gasteiger partial charge in [-0.05, 0) is 72.9 Å². The third-order valence-electron chi connectivity index (χ3n) is 8.08. The maximum absolute atomic E-state index is 15.1. The van der Waals surface area contributed by atoms with Gasteiger partial charge in [0.2, 0.25) is 0 Å². The third-order valence-corrected chi connectivity index (χ3v) is 8.08. The van der Waals surface area contributed by atoms with Crippen molar-refractivity contribution >= 4 is 5.91 Å². The zero-order valence-corrected chi connectivity index (χ0v) is 21.0. The average molecular weight is 547 g/mol. The van der Waals surface area contributed by atoms with Crippen molar-refractivity contribution < 1.29 is 31.9 Å². The van der Waals surface area contributed by atoms with Crippen molar-refractivity contribution in [1.29, 1.82) is 5.26 Å². The molecule has 0 spiro atoms. The quantitative estimate of drug-likeness (QED) is 0.355. The lowest BCUT2D eigenvalue weighted by molar-refractivity contribution is -0.137. The molecule has 1 amide bonds. The van der Waals surface area contributed by atoms with Gasteiger partial charge in [-0.15, -0.1) is 0 Å². The van der Waals surface area contributed by atoms with E-state index in [2.05, 4.69) is 5.48 Å². The summed E-state index contributed by atoms with van der Waals surface area (Å²) < 4.78 is 61.5. The molecule has 2 aromatic rings. The average Bonchev–Trinajstić information content (AvgIpc) is 3.53. The van der Waals surface area contributed by atoms with Crippen molar-refractivity contribution in [3.63, 3.8) is 0 Å². The molecule has 0 aromatic heterocycles. The number of fused-ring (bicyclic) bond motifs is 1. The number of alkyl halides is 3. The van der Waals surface area contributed by atoms with Crippen molar-refractivity contribution in [1.82, 2.24) is 10.5 Å². The molecule has 0 radical (unpaired) electrons. The SMILES string of the molecule is N#Cc1ccc(C2C3CCCCC3C(c3ccc(C(=O)NOCC4CCCO4)c(F)c3)N2[O-])cc1C(F)(F)F. The number of nitriles is 1. The van der Waals surface area contributed by atoms with Crippen molar-refractivity contribution in [2.75, 3.05) is 13.2 Å². The van der Waals surface area contributed by atoms with E-state index in [1.807, 2.05) is 0 Å². The molecule has 2 heterocycles. The van der Waals surface area contributed by atoms with Gasteiger partial charge in [0.1, 0.15) is 12.4 Å². The van der Waals surface area contributed by atoms with E-state index >= 15 is 4.39 Å². The second-order valence-electron chi connectivity index (χ2n) is 10.4. The zero-order valence-electron chi connectivity index (χ0n) is 21.0. The van der Waals surface area contributed by atoms with E-state index in [1.54, 1.807) is 6.07 Å². The Morgan fingerprint density at radius 2 is 1.74 bits per heavy atom. The Kier molecular flexibility index (Phi) is 7.91. The topological polar surface area (TPSA) is 97.7 Å². The van der Waals surface area contributed by atoms with Gasteiger partial charge in [-0.1, -0.05) is 25.0 Å². The van der Waals surface area contributed by atoms with Gasteiger partial charge in [-0.2, -0.15) is 18.4 Å². The number of halogens is 4. The highest BCUT2D eigenvalue weighted by atomic mass is 19.4. The maximum Gasteiger partial charge on any atom is 0.417 e. The number of carbonyl (C=O) groups is 1. The number of nitrogens with one attached hydrogen (secondary N) is 1. The van der Waals surface area contributed by atoms with E-state index in [9.17, 15) is 23.2 Å². The summed E-state index contributed by atoms with van der Waals surface area (Å²) in [6, 6.07) is 7.27. The van der Waals surface area contributed by atoms with Crippen LogP contribution in [0.25, 0.3) is 0 Å². The van der Waals surface area contributed by atoms with Gasteiger partial charge in [0.25, 0.3) is 5.91 Å². The minimum atomic E-state index is -4.74. The van der Waals surface area contributed by atoms with Crippen LogP contribution in [-0.2, 0) is 15.8 Å². The van der Waals surface area contributed by atoms with Crippen LogP contribution in [0.4, 0.5) is 17.6 Å². The maximum atomic E-state index is 15.1. The van der Waals surface area contributed by atoms with Crippen LogP contribution in [0, 0.1) is 34.2 Å². The lowest BCUT2D eigenvalue weighted by atomic mass is 9.73. The molecule has 1 aliphatic carbocycles. The van der Waals surface area contributed by atoms with Crippen LogP contribution in [0.3, 0.4) is 0 Å². The van der Waals surface area contributed by atoms with Crippen LogP contribution in [0.5, 0.6) is 0 Å². The summed E-state index contributed by atoms with van der Waals surface area (Å²) in [5.41, 5.74) is 0.944. The van der Waals surface area contributed by atoms with Crippen LogP contribution >= 0.6 is 0 Å². The van der Waals surface area contributed by atoms with Gasteiger partial charge in [0, 0.05) is 18.7 Å². The number of amides is 1. The number of hydroxylamine groups is 3. The Labute approximate surface area is 223 Å². The monoisotopic (exact) mass is 546 g/mol. The number of benzene rings is 2. The molecule has 2 saturated heterocycles. The van der Waals surface area contributed by atoms with Gasteiger partial charge in [-0.3, -0.25) is 9.63 Å². The van der Waals surface area contributed by atoms with Crippen molar-refractivity contribution in [2.24, 2.45) is 11.8 Å². The summed E-state index contributed by atoms with van der Waals surface area (Å²) in [6.07, 6.45) is -0.133. The molecule has 3 fully saturated rings. The molecule has 39 heavy (non-hydrogen) atoms. The molecule has 2 aliphatic heterocycles. The Bertz CT molecular complexity index is 1260. The number of hydrogen-bond acceptors (Lipinski definition) is 6. The molecule has 11 heteroatoms. The minimum absolute atomic E-state index is 0.123. The second kappa shape index (κ2) is 11.2. The molecule has 3 aliphatic rings. The van der Waals surface area contributed by atoms with E-state index in [0.29, 0.717) is 25.0 Å². The van der Waals surface area contributed by atoms with Crippen molar-refractivity contribution in [2.45, 2.75) is 62.9 Å². The van der Waals surface area contributed by atoms with Gasteiger partial charge in [-0.25, -0.2) is 9.87 Å². The molecule has 5 rings (SSSR count). The van der Waals surface area contributed by atoms with Gasteiger partial charge in [0.05, 0.1) is 28.9 Å². The zero-order chi connectivity index (χ0) is 27.7. The molecule has 0 bridgehead atoms. The van der Waals surface area contributed by atoms with Gasteiger partial charge < -0.3 is 15.0 Å². The summed E-state index contributed by atoms with van der Waals surface area (Å²) in [5, 5.41) is 23.7. The molecule has 5 unspecified atom stereocenters. The Morgan fingerprint density at radius 3 is 2.33 bits per heavy atom. The van der Waals surface area contributed by atoms with Crippen LogP contribution < -0.4 is 5.48 Å². The van der Waals surface area contributed by atoms with Crippen LogP contribution in [0.2, 0.25) is 0 Å². The predicted molar refractivity (Wildman–Crippen MR) is 131 cm³/mol. The number of rotatable bonds is 6. The standard InChI is InChI=1S/C28H28F4N3O4/c29-24-13-17(9-10-22(24)27(36)34-39-15-19-4-3-11-38-19)26-21-6-2-1-5-20(21)25(35(26)37)16-7-8-18(14-33)23(12-16)28(30,31)32/h7-10,12-13,19-21,25-26H,1-6,11,15H2,(H,34,36)/q-1. The Morgan fingerprint density at radius 1 is 1.08 bits per heavy atom. The fourth-order valence-electron chi connectivity index (χ4n) is 6.32. The van der Waals surface area contributed by atoms with E-state index in [1.165, 1.54) is 18.2 Å². The minimum Gasteiger partial charge on any atom is -0.784 e. The molecule has 2 aromatic carbocycles. The predicted octanol–water partition coefficient (Wildman–Crippen LogP) is 5.96. The van der Waals surface area contributed by atoms with E-state index in [4.69, 9.17) is 14.8 Å². The highest BCUT2D eigenvalue weighted by Gasteiger charge is 2.47. The smallest absolute Gasteiger partial charge is 0.417 e. The molecule has 5 atom stereocenters.